The topological polar surface area (TPSA) is 0 Å². The molecule has 0 aromatic carbocycles. The average Bonchev–Trinajstić information content (AvgIpc) is 2.05. The largest absolute Gasteiger partial charge is 0.155 e. The van der Waals surface area contributed by atoms with Crippen molar-refractivity contribution in [2.24, 2.45) is 5.92 Å². The summed E-state index contributed by atoms with van der Waals surface area (Å²) in [7, 11) is 0. The van der Waals surface area contributed by atoms with Crippen LogP contribution in [0.5, 0.6) is 0 Å². The first-order valence-corrected chi connectivity index (χ1v) is 6.43. The third-order valence-corrected chi connectivity index (χ3v) is 5.16. The SMILES string of the molecule is CC1CCCC2(CCCCS2)C1. The third-order valence-electron chi connectivity index (χ3n) is 3.48. The minimum absolute atomic E-state index is 0.746. The Labute approximate surface area is 80.5 Å². The van der Waals surface area contributed by atoms with Crippen LogP contribution in [0.25, 0.3) is 0 Å². The molecule has 12 heavy (non-hydrogen) atoms. The summed E-state index contributed by atoms with van der Waals surface area (Å²) in [4.78, 5) is 0. The van der Waals surface area contributed by atoms with E-state index in [1.807, 2.05) is 0 Å². The Morgan fingerprint density at radius 3 is 2.67 bits per heavy atom. The number of hydrogen-bond donors (Lipinski definition) is 0. The Kier molecular flexibility index (Phi) is 2.69. The smallest absolute Gasteiger partial charge is 0.0162 e. The highest BCUT2D eigenvalue weighted by atomic mass is 32.2. The third kappa shape index (κ3) is 1.81. The fourth-order valence-electron chi connectivity index (χ4n) is 2.88. The van der Waals surface area contributed by atoms with E-state index in [-0.39, 0.29) is 0 Å². The molecular weight excluding hydrogens is 164 g/mol. The van der Waals surface area contributed by atoms with Crippen molar-refractivity contribution in [3.63, 3.8) is 0 Å². The first-order chi connectivity index (χ1) is 5.81. The summed E-state index contributed by atoms with van der Waals surface area (Å²) in [6, 6.07) is 0. The first-order valence-electron chi connectivity index (χ1n) is 5.45. The second kappa shape index (κ2) is 3.61. The van der Waals surface area contributed by atoms with Crippen LogP contribution in [0.4, 0.5) is 0 Å². The van der Waals surface area contributed by atoms with Gasteiger partial charge in [-0.2, -0.15) is 11.8 Å². The number of thioether (sulfide) groups is 1. The molecule has 0 aromatic heterocycles. The molecule has 2 rings (SSSR count). The minimum Gasteiger partial charge on any atom is -0.155 e. The summed E-state index contributed by atoms with van der Waals surface area (Å²) in [6.45, 7) is 2.44. The zero-order chi connectivity index (χ0) is 8.44. The van der Waals surface area contributed by atoms with Gasteiger partial charge in [0.1, 0.15) is 0 Å². The van der Waals surface area contributed by atoms with Crippen LogP contribution in [0, 0.1) is 5.92 Å². The van der Waals surface area contributed by atoms with Crippen LogP contribution in [-0.2, 0) is 0 Å². The van der Waals surface area contributed by atoms with Gasteiger partial charge in [-0.15, -0.1) is 0 Å². The van der Waals surface area contributed by atoms with Crippen LogP contribution < -0.4 is 0 Å². The maximum absolute atomic E-state index is 2.44. The van der Waals surface area contributed by atoms with Gasteiger partial charge in [-0.1, -0.05) is 26.2 Å². The lowest BCUT2D eigenvalue weighted by Crippen LogP contribution is -2.33. The van der Waals surface area contributed by atoms with Crippen LogP contribution in [0.15, 0.2) is 0 Å². The quantitative estimate of drug-likeness (QED) is 0.551. The molecule has 0 N–H and O–H groups in total. The molecule has 1 saturated carbocycles. The van der Waals surface area contributed by atoms with Gasteiger partial charge in [-0.25, -0.2) is 0 Å². The van der Waals surface area contributed by atoms with Crippen molar-refractivity contribution >= 4 is 11.8 Å². The maximum atomic E-state index is 2.44. The van der Waals surface area contributed by atoms with Gasteiger partial charge in [0, 0.05) is 4.75 Å². The molecule has 0 amide bonds. The molecule has 1 spiro atoms. The van der Waals surface area contributed by atoms with E-state index in [0.717, 1.165) is 10.7 Å². The monoisotopic (exact) mass is 184 g/mol. The van der Waals surface area contributed by atoms with Crippen molar-refractivity contribution in [2.75, 3.05) is 5.75 Å². The zero-order valence-corrected chi connectivity index (χ0v) is 8.96. The molecule has 2 unspecified atom stereocenters. The van der Waals surface area contributed by atoms with Gasteiger partial charge >= 0.3 is 0 Å². The Morgan fingerprint density at radius 2 is 2.00 bits per heavy atom. The normalized spacial score (nSPS) is 43.2. The average molecular weight is 184 g/mol. The Hall–Kier alpha value is 0.350. The van der Waals surface area contributed by atoms with Crippen LogP contribution in [0.3, 0.4) is 0 Å². The molecule has 70 valence electrons. The molecule has 1 aliphatic carbocycles. The molecule has 1 heteroatoms. The molecular formula is C11H20S. The van der Waals surface area contributed by atoms with Crippen LogP contribution >= 0.6 is 11.8 Å². The van der Waals surface area contributed by atoms with Gasteiger partial charge in [0.05, 0.1) is 0 Å². The van der Waals surface area contributed by atoms with Crippen LogP contribution in [0.1, 0.15) is 51.9 Å². The summed E-state index contributed by atoms with van der Waals surface area (Å²) in [5, 5.41) is 0. The van der Waals surface area contributed by atoms with Crippen molar-refractivity contribution in [1.82, 2.24) is 0 Å². The van der Waals surface area contributed by atoms with Crippen molar-refractivity contribution in [2.45, 2.75) is 56.6 Å². The van der Waals surface area contributed by atoms with Crippen molar-refractivity contribution in [3.05, 3.63) is 0 Å². The second-order valence-electron chi connectivity index (χ2n) is 4.69. The van der Waals surface area contributed by atoms with E-state index in [9.17, 15) is 0 Å². The molecule has 2 fully saturated rings. The van der Waals surface area contributed by atoms with Gasteiger partial charge < -0.3 is 0 Å². The van der Waals surface area contributed by atoms with Crippen molar-refractivity contribution in [3.8, 4) is 0 Å². The van der Waals surface area contributed by atoms with Gasteiger partial charge in [-0.3, -0.25) is 0 Å². The molecule has 1 heterocycles. The highest BCUT2D eigenvalue weighted by Crippen LogP contribution is 2.48. The van der Waals surface area contributed by atoms with Crippen molar-refractivity contribution in [1.29, 1.82) is 0 Å². The van der Waals surface area contributed by atoms with Crippen molar-refractivity contribution < 1.29 is 0 Å². The zero-order valence-electron chi connectivity index (χ0n) is 8.14. The lowest BCUT2D eigenvalue weighted by atomic mass is 9.79. The summed E-state index contributed by atoms with van der Waals surface area (Å²) in [5.41, 5.74) is 0. The predicted octanol–water partition coefficient (Wildman–Crippen LogP) is 3.85. The fraction of sp³-hybridized carbons (Fsp3) is 1.00. The van der Waals surface area contributed by atoms with Gasteiger partial charge in [-0.05, 0) is 37.4 Å². The molecule has 1 saturated heterocycles. The highest BCUT2D eigenvalue weighted by Gasteiger charge is 2.36. The Balaban J connectivity index is 1.97. The van der Waals surface area contributed by atoms with E-state index < -0.39 is 0 Å². The molecule has 1 aliphatic heterocycles. The number of hydrogen-bond acceptors (Lipinski definition) is 1. The maximum Gasteiger partial charge on any atom is 0.0162 e. The Morgan fingerprint density at radius 1 is 1.17 bits per heavy atom. The standard InChI is InChI=1S/C11H20S/c1-10-5-4-7-11(9-10)6-2-3-8-12-11/h10H,2-9H2,1H3. The van der Waals surface area contributed by atoms with E-state index in [4.69, 9.17) is 0 Å². The summed E-state index contributed by atoms with van der Waals surface area (Å²) in [6.07, 6.45) is 10.5. The lowest BCUT2D eigenvalue weighted by Gasteiger charge is -2.42. The van der Waals surface area contributed by atoms with Gasteiger partial charge in [0.2, 0.25) is 0 Å². The molecule has 0 radical (unpaired) electrons. The predicted molar refractivity (Wildman–Crippen MR) is 56.7 cm³/mol. The fourth-order valence-corrected chi connectivity index (χ4v) is 4.64. The minimum atomic E-state index is 0.746. The molecule has 0 aromatic rings. The summed E-state index contributed by atoms with van der Waals surface area (Å²) < 4.78 is 0.746. The highest BCUT2D eigenvalue weighted by molar-refractivity contribution is 8.00. The molecule has 0 nitrogen and oxygen atoms in total. The van der Waals surface area contributed by atoms with E-state index in [1.54, 1.807) is 0 Å². The first kappa shape index (κ1) is 8.93. The number of rotatable bonds is 0. The van der Waals surface area contributed by atoms with Gasteiger partial charge in [0.25, 0.3) is 0 Å². The second-order valence-corrected chi connectivity index (χ2v) is 6.25. The lowest BCUT2D eigenvalue weighted by molar-refractivity contribution is 0.292. The van der Waals surface area contributed by atoms with E-state index in [2.05, 4.69) is 18.7 Å². The molecule has 0 bridgehead atoms. The molecule has 2 aliphatic rings. The Bertz CT molecular complexity index is 142. The molecule has 2 atom stereocenters. The van der Waals surface area contributed by atoms with E-state index >= 15 is 0 Å². The van der Waals surface area contributed by atoms with Crippen LogP contribution in [0.2, 0.25) is 0 Å². The summed E-state index contributed by atoms with van der Waals surface area (Å²) >= 11 is 2.29. The summed E-state index contributed by atoms with van der Waals surface area (Å²) in [5.74, 6) is 2.44. The van der Waals surface area contributed by atoms with E-state index in [0.29, 0.717) is 0 Å². The van der Waals surface area contributed by atoms with Gasteiger partial charge in [0.15, 0.2) is 0 Å². The van der Waals surface area contributed by atoms with E-state index in [1.165, 1.54) is 50.7 Å². The van der Waals surface area contributed by atoms with Crippen LogP contribution in [-0.4, -0.2) is 10.5 Å².